The van der Waals surface area contributed by atoms with Gasteiger partial charge in [0.1, 0.15) is 11.6 Å². The van der Waals surface area contributed by atoms with Gasteiger partial charge in [-0.15, -0.1) is 0 Å². The van der Waals surface area contributed by atoms with Crippen LogP contribution in [0.2, 0.25) is 0 Å². The zero-order chi connectivity index (χ0) is 15.4. The molecular weight excluding hydrogens is 336 g/mol. The number of aryl methyl sites for hydroxylation is 1. The van der Waals surface area contributed by atoms with Gasteiger partial charge < -0.3 is 15.5 Å². The van der Waals surface area contributed by atoms with Crippen LogP contribution in [0.3, 0.4) is 0 Å². The smallest absolute Gasteiger partial charge is 0.255 e. The molecule has 0 aliphatic carbocycles. The maximum absolute atomic E-state index is 12.3. The van der Waals surface area contributed by atoms with E-state index >= 15 is 0 Å². The number of carbonyl (C=O) groups is 1. The molecule has 0 spiro atoms. The summed E-state index contributed by atoms with van der Waals surface area (Å²) in [5.41, 5.74) is 4.24. The number of nitrogens with one attached hydrogen (secondary N) is 2. The Hall–Kier alpha value is -2.12. The Bertz CT molecular complexity index is 676. The van der Waals surface area contributed by atoms with Crippen LogP contribution in [-0.2, 0) is 0 Å². The normalized spacial score (nSPS) is 10.1. The maximum atomic E-state index is 12.3. The maximum Gasteiger partial charge on any atom is 0.255 e. The van der Waals surface area contributed by atoms with E-state index in [1.807, 2.05) is 0 Å². The van der Waals surface area contributed by atoms with E-state index in [2.05, 4.69) is 31.7 Å². The Morgan fingerprint density at radius 2 is 2.10 bits per heavy atom. The number of nitrogens with two attached hydrogens (primary N) is 1. The van der Waals surface area contributed by atoms with E-state index in [-0.39, 0.29) is 5.91 Å². The lowest BCUT2D eigenvalue weighted by Crippen LogP contribution is -2.15. The number of nitrogen functional groups attached to an aromatic ring is 1. The number of anilines is 2. The number of aromatic nitrogens is 1. The van der Waals surface area contributed by atoms with Crippen molar-refractivity contribution in [3.63, 3.8) is 0 Å². The fourth-order valence-electron chi connectivity index (χ4n) is 1.81. The summed E-state index contributed by atoms with van der Waals surface area (Å²) in [6.07, 6.45) is 0. The quantitative estimate of drug-likeness (QED) is 0.582. The number of amides is 1. The summed E-state index contributed by atoms with van der Waals surface area (Å²) in [6.45, 7) is 1.79. The fourth-order valence-corrected chi connectivity index (χ4v) is 2.22. The highest BCUT2D eigenvalue weighted by molar-refractivity contribution is 9.10. The van der Waals surface area contributed by atoms with Gasteiger partial charge in [-0.1, -0.05) is 0 Å². The Kier molecular flexibility index (Phi) is 4.77. The molecule has 0 unspecified atom stereocenters. The number of halogens is 1. The molecule has 21 heavy (non-hydrogen) atoms. The molecule has 1 aromatic heterocycles. The lowest BCUT2D eigenvalue weighted by molar-refractivity contribution is 0.102. The summed E-state index contributed by atoms with van der Waals surface area (Å²) < 4.78 is 6.01. The monoisotopic (exact) mass is 350 g/mol. The third-order valence-electron chi connectivity index (χ3n) is 2.77. The van der Waals surface area contributed by atoms with Gasteiger partial charge in [0.2, 0.25) is 0 Å². The first-order valence-corrected chi connectivity index (χ1v) is 6.93. The third-order valence-corrected chi connectivity index (χ3v) is 3.43. The van der Waals surface area contributed by atoms with Crippen LogP contribution in [0.25, 0.3) is 0 Å². The minimum atomic E-state index is -0.249. The first-order chi connectivity index (χ1) is 10.0. The Morgan fingerprint density at radius 3 is 2.76 bits per heavy atom. The highest BCUT2D eigenvalue weighted by atomic mass is 79.9. The molecular formula is C14H15BrN4O2. The van der Waals surface area contributed by atoms with Crippen molar-refractivity contribution in [1.29, 1.82) is 0 Å². The van der Waals surface area contributed by atoms with Crippen molar-refractivity contribution in [2.75, 3.05) is 17.9 Å². The number of carbonyl (C=O) groups excluding carboxylic acids is 1. The molecule has 110 valence electrons. The fraction of sp³-hybridized carbons (Fsp3) is 0.143. The molecule has 0 bridgehead atoms. The van der Waals surface area contributed by atoms with E-state index in [1.54, 1.807) is 44.4 Å². The van der Waals surface area contributed by atoms with Crippen molar-refractivity contribution in [1.82, 2.24) is 4.98 Å². The largest absolute Gasteiger partial charge is 0.495 e. The van der Waals surface area contributed by atoms with Gasteiger partial charge in [0, 0.05) is 23.0 Å². The molecule has 2 rings (SSSR count). The summed E-state index contributed by atoms with van der Waals surface area (Å²) in [5, 5.41) is 2.80. The van der Waals surface area contributed by atoms with Gasteiger partial charge >= 0.3 is 0 Å². The van der Waals surface area contributed by atoms with Crippen molar-refractivity contribution in [3.05, 3.63) is 46.1 Å². The van der Waals surface area contributed by atoms with Gasteiger partial charge in [0.15, 0.2) is 0 Å². The molecule has 6 nitrogen and oxygen atoms in total. The second-order valence-corrected chi connectivity index (χ2v) is 5.18. The first-order valence-electron chi connectivity index (χ1n) is 6.13. The number of rotatable bonds is 4. The predicted molar refractivity (Wildman–Crippen MR) is 85.4 cm³/mol. The molecule has 0 saturated carbocycles. The molecule has 0 saturated heterocycles. The lowest BCUT2D eigenvalue weighted by Gasteiger charge is -2.10. The molecule has 0 atom stereocenters. The van der Waals surface area contributed by atoms with Gasteiger partial charge in [0.25, 0.3) is 5.91 Å². The summed E-state index contributed by atoms with van der Waals surface area (Å²) >= 11 is 3.36. The second kappa shape index (κ2) is 6.55. The van der Waals surface area contributed by atoms with Crippen LogP contribution < -0.4 is 21.3 Å². The van der Waals surface area contributed by atoms with E-state index in [9.17, 15) is 4.79 Å². The first kappa shape index (κ1) is 15.3. The highest BCUT2D eigenvalue weighted by Gasteiger charge is 2.10. The average Bonchev–Trinajstić information content (AvgIpc) is 2.48. The van der Waals surface area contributed by atoms with Crippen molar-refractivity contribution in [3.8, 4) is 5.75 Å². The van der Waals surface area contributed by atoms with E-state index in [1.165, 1.54) is 0 Å². The molecule has 1 heterocycles. The number of hydrogen-bond acceptors (Lipinski definition) is 5. The van der Waals surface area contributed by atoms with Crippen LogP contribution >= 0.6 is 15.9 Å². The summed E-state index contributed by atoms with van der Waals surface area (Å²) in [4.78, 5) is 16.4. The topological polar surface area (TPSA) is 89.3 Å². The molecule has 1 amide bonds. The number of hydrogen-bond donors (Lipinski definition) is 3. The Morgan fingerprint density at radius 1 is 1.33 bits per heavy atom. The minimum absolute atomic E-state index is 0.249. The van der Waals surface area contributed by atoms with Crippen LogP contribution in [0.4, 0.5) is 11.5 Å². The second-order valence-electron chi connectivity index (χ2n) is 4.33. The molecule has 1 aromatic carbocycles. The van der Waals surface area contributed by atoms with E-state index in [0.29, 0.717) is 28.5 Å². The predicted octanol–water partition coefficient (Wildman–Crippen LogP) is 2.70. The van der Waals surface area contributed by atoms with Gasteiger partial charge in [-0.25, -0.2) is 10.8 Å². The molecule has 0 fully saturated rings. The van der Waals surface area contributed by atoms with E-state index in [0.717, 1.165) is 4.47 Å². The van der Waals surface area contributed by atoms with Gasteiger partial charge in [0.05, 0.1) is 11.6 Å². The standard InChI is InChI=1S/C14H15BrN4O2/c1-8-5-9(6-13(17-8)19-16)14(20)18-10-3-4-11(15)12(7-10)21-2/h3-7H,16H2,1-2H3,(H,17,19)(H,18,20). The Labute approximate surface area is 130 Å². The van der Waals surface area contributed by atoms with Crippen molar-refractivity contribution in [2.24, 2.45) is 5.84 Å². The summed E-state index contributed by atoms with van der Waals surface area (Å²) in [6, 6.07) is 8.59. The average molecular weight is 351 g/mol. The van der Waals surface area contributed by atoms with E-state index < -0.39 is 0 Å². The SMILES string of the molecule is COc1cc(NC(=O)c2cc(C)nc(NN)c2)ccc1Br. The third kappa shape index (κ3) is 3.71. The molecule has 0 radical (unpaired) electrons. The van der Waals surface area contributed by atoms with Gasteiger partial charge in [-0.3, -0.25) is 4.79 Å². The molecule has 0 aliphatic heterocycles. The number of hydrazine groups is 1. The van der Waals surface area contributed by atoms with Gasteiger partial charge in [-0.05, 0) is 47.1 Å². The zero-order valence-electron chi connectivity index (χ0n) is 11.6. The number of methoxy groups -OCH3 is 1. The van der Waals surface area contributed by atoms with Crippen molar-refractivity contribution >= 4 is 33.3 Å². The molecule has 4 N–H and O–H groups in total. The summed E-state index contributed by atoms with van der Waals surface area (Å²) in [5.74, 6) is 6.16. The van der Waals surface area contributed by atoms with Crippen molar-refractivity contribution in [2.45, 2.75) is 6.92 Å². The molecule has 2 aromatic rings. The number of ether oxygens (including phenoxy) is 1. The molecule has 7 heteroatoms. The van der Waals surface area contributed by atoms with Gasteiger partial charge in [-0.2, -0.15) is 0 Å². The number of benzene rings is 1. The van der Waals surface area contributed by atoms with Crippen LogP contribution in [0, 0.1) is 6.92 Å². The van der Waals surface area contributed by atoms with Crippen molar-refractivity contribution < 1.29 is 9.53 Å². The lowest BCUT2D eigenvalue weighted by atomic mass is 10.2. The minimum Gasteiger partial charge on any atom is -0.495 e. The van der Waals surface area contributed by atoms with E-state index in [4.69, 9.17) is 10.6 Å². The van der Waals surface area contributed by atoms with Crippen LogP contribution in [0.5, 0.6) is 5.75 Å². The molecule has 0 aliphatic rings. The van der Waals surface area contributed by atoms with Crippen LogP contribution in [0.1, 0.15) is 16.1 Å². The number of pyridine rings is 1. The number of nitrogens with zero attached hydrogens (tertiary/aromatic N) is 1. The summed E-state index contributed by atoms with van der Waals surface area (Å²) in [7, 11) is 1.57. The Balaban J connectivity index is 2.23. The highest BCUT2D eigenvalue weighted by Crippen LogP contribution is 2.28. The zero-order valence-corrected chi connectivity index (χ0v) is 13.2. The van der Waals surface area contributed by atoms with Crippen LogP contribution in [-0.4, -0.2) is 18.0 Å². The van der Waals surface area contributed by atoms with Crippen LogP contribution in [0.15, 0.2) is 34.8 Å².